The largest absolute Gasteiger partial charge is 0.573 e. The second-order valence-corrected chi connectivity index (χ2v) is 4.25. The average Bonchev–Trinajstić information content (AvgIpc) is 2.45. The van der Waals surface area contributed by atoms with E-state index in [1.54, 1.807) is 0 Å². The first-order valence-electron chi connectivity index (χ1n) is 6.16. The molecule has 1 aromatic heterocycles. The number of hydrogen-bond donors (Lipinski definition) is 2. The molecule has 2 aromatic rings. The Morgan fingerprint density at radius 2 is 1.91 bits per heavy atom. The van der Waals surface area contributed by atoms with Gasteiger partial charge in [0.05, 0.1) is 0 Å². The molecule has 0 fully saturated rings. The number of aromatic nitrogens is 1. The van der Waals surface area contributed by atoms with Crippen molar-refractivity contribution >= 4 is 5.91 Å². The summed E-state index contributed by atoms with van der Waals surface area (Å²) in [5.41, 5.74) is -0.572. The number of amides is 1. The van der Waals surface area contributed by atoms with Crippen molar-refractivity contribution in [2.45, 2.75) is 12.9 Å². The highest BCUT2D eigenvalue weighted by atomic mass is 19.4. The molecule has 1 amide bonds. The van der Waals surface area contributed by atoms with Gasteiger partial charge in [0, 0.05) is 18.3 Å². The Bertz CT molecular complexity index is 726. The summed E-state index contributed by atoms with van der Waals surface area (Å²) >= 11 is 0. The second kappa shape index (κ2) is 6.33. The number of halogens is 3. The third-order valence-electron chi connectivity index (χ3n) is 2.70. The first-order chi connectivity index (χ1) is 10.4. The molecule has 0 radical (unpaired) electrons. The van der Waals surface area contributed by atoms with E-state index in [1.807, 2.05) is 0 Å². The smallest absolute Gasteiger partial charge is 0.405 e. The molecule has 0 saturated carbocycles. The zero-order valence-electron chi connectivity index (χ0n) is 11.1. The lowest BCUT2D eigenvalue weighted by Crippen LogP contribution is -2.29. The van der Waals surface area contributed by atoms with E-state index in [4.69, 9.17) is 0 Å². The fraction of sp³-hybridized carbons (Fsp3) is 0.143. The second-order valence-electron chi connectivity index (χ2n) is 4.25. The number of hydrogen-bond acceptors (Lipinski definition) is 3. The number of ether oxygens (including phenoxy) is 1. The molecule has 22 heavy (non-hydrogen) atoms. The van der Waals surface area contributed by atoms with Crippen LogP contribution in [0.5, 0.6) is 5.75 Å². The monoisotopic (exact) mass is 312 g/mol. The van der Waals surface area contributed by atoms with E-state index >= 15 is 0 Å². The molecule has 0 unspecified atom stereocenters. The molecule has 0 aliphatic rings. The zero-order chi connectivity index (χ0) is 16.2. The van der Waals surface area contributed by atoms with Crippen molar-refractivity contribution in [1.82, 2.24) is 10.3 Å². The summed E-state index contributed by atoms with van der Waals surface area (Å²) in [6.45, 7) is -0.209. The van der Waals surface area contributed by atoms with Crippen LogP contribution in [0.1, 0.15) is 15.9 Å². The van der Waals surface area contributed by atoms with Gasteiger partial charge in [0.15, 0.2) is 0 Å². The van der Waals surface area contributed by atoms with E-state index in [-0.39, 0.29) is 17.7 Å². The molecule has 2 N–H and O–H groups in total. The van der Waals surface area contributed by atoms with Crippen LogP contribution in [0.15, 0.2) is 47.4 Å². The van der Waals surface area contributed by atoms with E-state index in [0.717, 1.165) is 6.07 Å². The molecule has 2 rings (SSSR count). The minimum Gasteiger partial charge on any atom is -0.405 e. The van der Waals surface area contributed by atoms with E-state index in [0.29, 0.717) is 0 Å². The predicted molar refractivity (Wildman–Crippen MR) is 71.4 cm³/mol. The Kier molecular flexibility index (Phi) is 4.50. The zero-order valence-corrected chi connectivity index (χ0v) is 11.1. The van der Waals surface area contributed by atoms with Crippen LogP contribution in [0.4, 0.5) is 13.2 Å². The van der Waals surface area contributed by atoms with Crippen molar-refractivity contribution in [3.05, 3.63) is 64.1 Å². The number of nitrogens with one attached hydrogen (secondary N) is 2. The van der Waals surface area contributed by atoms with Crippen molar-refractivity contribution in [3.63, 3.8) is 0 Å². The van der Waals surface area contributed by atoms with Crippen LogP contribution >= 0.6 is 0 Å². The van der Waals surface area contributed by atoms with Crippen molar-refractivity contribution in [2.24, 2.45) is 0 Å². The summed E-state index contributed by atoms with van der Waals surface area (Å²) in [7, 11) is 0. The Labute approximate surface area is 122 Å². The van der Waals surface area contributed by atoms with E-state index in [2.05, 4.69) is 15.0 Å². The molecule has 0 saturated heterocycles. The number of H-pyrrole nitrogens is 1. The minimum absolute atomic E-state index is 0.128. The maximum Gasteiger partial charge on any atom is 0.573 e. The number of benzene rings is 1. The van der Waals surface area contributed by atoms with Gasteiger partial charge in [-0.2, -0.15) is 0 Å². The molecular formula is C14H11F3N2O3. The topological polar surface area (TPSA) is 71.2 Å². The van der Waals surface area contributed by atoms with Gasteiger partial charge in [0.1, 0.15) is 11.3 Å². The molecule has 0 aliphatic carbocycles. The third-order valence-corrected chi connectivity index (χ3v) is 2.70. The molecule has 8 heteroatoms. The summed E-state index contributed by atoms with van der Waals surface area (Å²) < 4.78 is 40.7. The molecule has 1 aromatic carbocycles. The molecule has 0 spiro atoms. The van der Waals surface area contributed by atoms with Crippen LogP contribution < -0.4 is 15.6 Å². The molecule has 116 valence electrons. The highest BCUT2D eigenvalue weighted by molar-refractivity contribution is 5.93. The Balaban J connectivity index is 2.11. The van der Waals surface area contributed by atoms with Crippen molar-refractivity contribution < 1.29 is 22.7 Å². The number of carbonyl (C=O) groups excluding carboxylic acids is 1. The van der Waals surface area contributed by atoms with Gasteiger partial charge in [-0.1, -0.05) is 18.2 Å². The standard InChI is InChI=1S/C14H11F3N2O3/c15-14(16,17)22-11-6-2-1-4-9(11)8-19-13(21)10-5-3-7-18-12(10)20/h1-7H,8H2,(H,18,20)(H,19,21). The van der Waals surface area contributed by atoms with Gasteiger partial charge >= 0.3 is 6.36 Å². The normalized spacial score (nSPS) is 11.0. The Hall–Kier alpha value is -2.77. The summed E-state index contributed by atoms with van der Waals surface area (Å²) in [5, 5.41) is 2.38. The van der Waals surface area contributed by atoms with Crippen LogP contribution in [-0.4, -0.2) is 17.3 Å². The van der Waals surface area contributed by atoms with Gasteiger partial charge in [-0.05, 0) is 18.2 Å². The van der Waals surface area contributed by atoms with Crippen LogP contribution in [0.2, 0.25) is 0 Å². The number of pyridine rings is 1. The van der Waals surface area contributed by atoms with Crippen LogP contribution in [0.3, 0.4) is 0 Å². The Morgan fingerprint density at radius 3 is 2.59 bits per heavy atom. The highest BCUT2D eigenvalue weighted by Crippen LogP contribution is 2.26. The molecule has 0 atom stereocenters. The van der Waals surface area contributed by atoms with Crippen molar-refractivity contribution in [3.8, 4) is 5.75 Å². The quantitative estimate of drug-likeness (QED) is 0.909. The molecule has 0 aliphatic heterocycles. The van der Waals surface area contributed by atoms with Gasteiger partial charge in [-0.25, -0.2) is 0 Å². The highest BCUT2D eigenvalue weighted by Gasteiger charge is 2.32. The molecule has 0 bridgehead atoms. The van der Waals surface area contributed by atoms with Crippen LogP contribution in [-0.2, 0) is 6.54 Å². The van der Waals surface area contributed by atoms with Gasteiger partial charge < -0.3 is 15.0 Å². The lowest BCUT2D eigenvalue weighted by atomic mass is 10.2. The molecule has 5 nitrogen and oxygen atoms in total. The average molecular weight is 312 g/mol. The molecular weight excluding hydrogens is 301 g/mol. The Morgan fingerprint density at radius 1 is 1.18 bits per heavy atom. The van der Waals surface area contributed by atoms with Gasteiger partial charge in [0.25, 0.3) is 11.5 Å². The van der Waals surface area contributed by atoms with Crippen LogP contribution in [0.25, 0.3) is 0 Å². The maximum atomic E-state index is 12.3. The number of aromatic amines is 1. The number of alkyl halides is 3. The first kappa shape index (κ1) is 15.6. The summed E-state index contributed by atoms with van der Waals surface area (Å²) in [6.07, 6.45) is -3.46. The number of rotatable bonds is 4. The van der Waals surface area contributed by atoms with Gasteiger partial charge in [0.2, 0.25) is 0 Å². The SMILES string of the molecule is O=C(NCc1ccccc1OC(F)(F)F)c1ccc[nH]c1=O. The van der Waals surface area contributed by atoms with E-state index in [9.17, 15) is 22.8 Å². The number of para-hydroxylation sites is 1. The van der Waals surface area contributed by atoms with E-state index in [1.165, 1.54) is 36.5 Å². The molecule has 1 heterocycles. The summed E-state index contributed by atoms with van der Waals surface area (Å²) in [6, 6.07) is 8.21. The third kappa shape index (κ3) is 4.11. The lowest BCUT2D eigenvalue weighted by Gasteiger charge is -2.13. The summed E-state index contributed by atoms with van der Waals surface area (Å²) in [4.78, 5) is 25.6. The fourth-order valence-corrected chi connectivity index (χ4v) is 1.75. The number of carbonyl (C=O) groups is 1. The predicted octanol–water partition coefficient (Wildman–Crippen LogP) is 2.20. The lowest BCUT2D eigenvalue weighted by molar-refractivity contribution is -0.274. The minimum atomic E-state index is -4.82. The van der Waals surface area contributed by atoms with Crippen LogP contribution in [0, 0.1) is 0 Å². The van der Waals surface area contributed by atoms with Crippen molar-refractivity contribution in [2.75, 3.05) is 0 Å². The van der Waals surface area contributed by atoms with Gasteiger partial charge in [-0.15, -0.1) is 13.2 Å². The maximum absolute atomic E-state index is 12.3. The first-order valence-corrected chi connectivity index (χ1v) is 6.16. The summed E-state index contributed by atoms with van der Waals surface area (Å²) in [5.74, 6) is -1.10. The fourth-order valence-electron chi connectivity index (χ4n) is 1.75. The van der Waals surface area contributed by atoms with E-state index < -0.39 is 23.6 Å². The van der Waals surface area contributed by atoms with Crippen molar-refractivity contribution in [1.29, 1.82) is 0 Å². The van der Waals surface area contributed by atoms with Gasteiger partial charge in [-0.3, -0.25) is 9.59 Å².